The molecule has 1 aromatic carbocycles. The van der Waals surface area contributed by atoms with Gasteiger partial charge in [0.25, 0.3) is 0 Å². The molecule has 1 aliphatic carbocycles. The zero-order chi connectivity index (χ0) is 14.1. The van der Waals surface area contributed by atoms with Crippen molar-refractivity contribution in [1.82, 2.24) is 9.78 Å². The maximum absolute atomic E-state index is 6.24. The first-order valence-electron chi connectivity index (χ1n) is 7.18. The molecule has 0 bridgehead atoms. The third kappa shape index (κ3) is 2.68. The predicted molar refractivity (Wildman–Crippen MR) is 83.4 cm³/mol. The van der Waals surface area contributed by atoms with Gasteiger partial charge in [0.15, 0.2) is 0 Å². The monoisotopic (exact) mass is 289 g/mol. The molecule has 0 saturated heterocycles. The Morgan fingerprint density at radius 2 is 2.05 bits per heavy atom. The first-order valence-corrected chi connectivity index (χ1v) is 7.56. The van der Waals surface area contributed by atoms with Gasteiger partial charge in [-0.2, -0.15) is 5.10 Å². The van der Waals surface area contributed by atoms with Crippen LogP contribution < -0.4 is 5.32 Å². The van der Waals surface area contributed by atoms with Gasteiger partial charge in [0.1, 0.15) is 0 Å². The zero-order valence-electron chi connectivity index (χ0n) is 11.9. The molecule has 1 fully saturated rings. The van der Waals surface area contributed by atoms with E-state index in [0.717, 1.165) is 23.6 Å². The second kappa shape index (κ2) is 5.49. The van der Waals surface area contributed by atoms with Crippen LogP contribution in [0.15, 0.2) is 36.7 Å². The van der Waals surface area contributed by atoms with Crippen molar-refractivity contribution in [3.05, 3.63) is 47.2 Å². The van der Waals surface area contributed by atoms with Crippen LogP contribution in [0.1, 0.15) is 44.2 Å². The lowest BCUT2D eigenvalue weighted by Crippen LogP contribution is -2.34. The van der Waals surface area contributed by atoms with Gasteiger partial charge in [0, 0.05) is 23.3 Å². The van der Waals surface area contributed by atoms with Crippen LogP contribution in [0.3, 0.4) is 0 Å². The Balaban J connectivity index is 1.57. The number of hydrogen-bond donors (Lipinski definition) is 1. The van der Waals surface area contributed by atoms with Crippen molar-refractivity contribution in [3.63, 3.8) is 0 Å². The molecule has 1 N–H and O–H groups in total. The number of hydrogen-bond acceptors (Lipinski definition) is 2. The zero-order valence-corrected chi connectivity index (χ0v) is 12.6. The Labute approximate surface area is 124 Å². The highest BCUT2D eigenvalue weighted by atomic mass is 35.5. The summed E-state index contributed by atoms with van der Waals surface area (Å²) in [5, 5.41) is 8.79. The highest BCUT2D eigenvalue weighted by Crippen LogP contribution is 2.41. The number of aromatic nitrogens is 2. The van der Waals surface area contributed by atoms with Gasteiger partial charge in [-0.1, -0.05) is 29.8 Å². The van der Waals surface area contributed by atoms with Crippen LogP contribution in [0.25, 0.3) is 0 Å². The summed E-state index contributed by atoms with van der Waals surface area (Å²) in [7, 11) is 0. The van der Waals surface area contributed by atoms with E-state index in [-0.39, 0.29) is 0 Å². The quantitative estimate of drug-likeness (QED) is 0.899. The number of benzene rings is 1. The Morgan fingerprint density at radius 3 is 2.70 bits per heavy atom. The Morgan fingerprint density at radius 1 is 1.30 bits per heavy atom. The van der Waals surface area contributed by atoms with Crippen LogP contribution in [0.4, 0.5) is 5.69 Å². The molecule has 4 heteroatoms. The highest BCUT2D eigenvalue weighted by Gasteiger charge is 2.31. The summed E-state index contributed by atoms with van der Waals surface area (Å²) in [6.45, 7) is 4.26. The summed E-state index contributed by atoms with van der Waals surface area (Å²) < 4.78 is 1.98. The van der Waals surface area contributed by atoms with Gasteiger partial charge in [0.05, 0.1) is 11.9 Å². The van der Waals surface area contributed by atoms with Gasteiger partial charge in [-0.05, 0) is 44.2 Å². The molecule has 3 nitrogen and oxygen atoms in total. The number of anilines is 1. The molecule has 0 aliphatic heterocycles. The van der Waals surface area contributed by atoms with E-state index in [1.165, 1.54) is 5.56 Å². The molecule has 0 amide bonds. The smallest absolute Gasteiger partial charge is 0.0728 e. The van der Waals surface area contributed by atoms with E-state index in [1.54, 1.807) is 0 Å². The third-order valence-electron chi connectivity index (χ3n) is 3.98. The average Bonchev–Trinajstić information content (AvgIpc) is 2.83. The molecule has 1 heterocycles. The first kappa shape index (κ1) is 13.5. The fourth-order valence-corrected chi connectivity index (χ4v) is 3.02. The van der Waals surface area contributed by atoms with E-state index in [0.29, 0.717) is 18.0 Å². The molecule has 1 aromatic heterocycles. The average molecular weight is 290 g/mol. The van der Waals surface area contributed by atoms with E-state index in [9.17, 15) is 0 Å². The van der Waals surface area contributed by atoms with Crippen molar-refractivity contribution in [3.8, 4) is 0 Å². The molecule has 0 unspecified atom stereocenters. The number of rotatable bonds is 4. The van der Waals surface area contributed by atoms with Crippen LogP contribution in [-0.2, 0) is 0 Å². The van der Waals surface area contributed by atoms with E-state index in [4.69, 9.17) is 11.6 Å². The van der Waals surface area contributed by atoms with E-state index in [1.807, 2.05) is 23.0 Å². The standard InChI is InChI=1S/C16H20ClN3/c1-11(2)20-10-14(9-18-20)19-13-7-12(8-13)15-5-3-4-6-16(15)17/h3-6,9-13,19H,7-8H2,1-2H3. The molecule has 1 saturated carbocycles. The number of nitrogens with one attached hydrogen (secondary N) is 1. The maximum Gasteiger partial charge on any atom is 0.0728 e. The van der Waals surface area contributed by atoms with Crippen LogP contribution in [0, 0.1) is 0 Å². The lowest BCUT2D eigenvalue weighted by Gasteiger charge is -2.36. The van der Waals surface area contributed by atoms with Gasteiger partial charge in [-0.15, -0.1) is 0 Å². The van der Waals surface area contributed by atoms with E-state index in [2.05, 4.69) is 42.6 Å². The summed E-state index contributed by atoms with van der Waals surface area (Å²) >= 11 is 6.24. The van der Waals surface area contributed by atoms with Crippen LogP contribution in [-0.4, -0.2) is 15.8 Å². The van der Waals surface area contributed by atoms with Crippen molar-refractivity contribution < 1.29 is 0 Å². The summed E-state index contributed by atoms with van der Waals surface area (Å²) in [4.78, 5) is 0. The van der Waals surface area contributed by atoms with E-state index < -0.39 is 0 Å². The number of nitrogens with zero attached hydrogens (tertiary/aromatic N) is 2. The number of halogens is 1. The lowest BCUT2D eigenvalue weighted by molar-refractivity contribution is 0.374. The van der Waals surface area contributed by atoms with Crippen molar-refractivity contribution >= 4 is 17.3 Å². The molecule has 0 atom stereocenters. The Hall–Kier alpha value is -1.48. The minimum atomic E-state index is 0.405. The van der Waals surface area contributed by atoms with Crippen molar-refractivity contribution in [2.45, 2.75) is 44.7 Å². The second-order valence-corrected chi connectivity index (χ2v) is 6.24. The van der Waals surface area contributed by atoms with Crippen LogP contribution in [0.5, 0.6) is 0 Å². The van der Waals surface area contributed by atoms with Crippen LogP contribution >= 0.6 is 11.6 Å². The molecule has 0 radical (unpaired) electrons. The van der Waals surface area contributed by atoms with Gasteiger partial charge in [-0.3, -0.25) is 4.68 Å². The largest absolute Gasteiger partial charge is 0.380 e. The van der Waals surface area contributed by atoms with Crippen molar-refractivity contribution in [2.75, 3.05) is 5.32 Å². The van der Waals surface area contributed by atoms with Crippen molar-refractivity contribution in [2.24, 2.45) is 0 Å². The molecule has 2 aromatic rings. The van der Waals surface area contributed by atoms with Crippen molar-refractivity contribution in [1.29, 1.82) is 0 Å². The fourth-order valence-electron chi connectivity index (χ4n) is 2.73. The normalized spacial score (nSPS) is 21.8. The summed E-state index contributed by atoms with van der Waals surface area (Å²) in [5.74, 6) is 0.585. The molecule has 1 aliphatic rings. The Bertz CT molecular complexity index is 585. The molecule has 106 valence electrons. The summed E-state index contributed by atoms with van der Waals surface area (Å²) in [5.41, 5.74) is 2.39. The molecule has 0 spiro atoms. The molecule has 3 rings (SSSR count). The highest BCUT2D eigenvalue weighted by molar-refractivity contribution is 6.31. The second-order valence-electron chi connectivity index (χ2n) is 5.83. The fraction of sp³-hybridized carbons (Fsp3) is 0.438. The molecular weight excluding hydrogens is 270 g/mol. The van der Waals surface area contributed by atoms with Gasteiger partial charge in [-0.25, -0.2) is 0 Å². The summed E-state index contributed by atoms with van der Waals surface area (Å²) in [6, 6.07) is 9.10. The van der Waals surface area contributed by atoms with Gasteiger partial charge in [0.2, 0.25) is 0 Å². The third-order valence-corrected chi connectivity index (χ3v) is 4.33. The van der Waals surface area contributed by atoms with Gasteiger partial charge >= 0.3 is 0 Å². The van der Waals surface area contributed by atoms with E-state index >= 15 is 0 Å². The summed E-state index contributed by atoms with van der Waals surface area (Å²) in [6.07, 6.45) is 6.25. The Kier molecular flexibility index (Phi) is 3.70. The minimum Gasteiger partial charge on any atom is -0.380 e. The maximum atomic E-state index is 6.24. The SMILES string of the molecule is CC(C)n1cc(NC2CC(c3ccccc3Cl)C2)cn1. The minimum absolute atomic E-state index is 0.405. The predicted octanol–water partition coefficient (Wildman–Crippen LogP) is 4.48. The first-order chi connectivity index (χ1) is 9.63. The van der Waals surface area contributed by atoms with Crippen LogP contribution in [0.2, 0.25) is 5.02 Å². The topological polar surface area (TPSA) is 29.9 Å². The molecular formula is C16H20ClN3. The lowest BCUT2D eigenvalue weighted by atomic mass is 9.76. The van der Waals surface area contributed by atoms with Gasteiger partial charge < -0.3 is 5.32 Å². The molecule has 20 heavy (non-hydrogen) atoms.